The molecule has 0 bridgehead atoms. The second-order valence-corrected chi connectivity index (χ2v) is 6.88. The fourth-order valence-corrected chi connectivity index (χ4v) is 3.19. The average molecular weight is 422 g/mol. The molecule has 0 atom stereocenters. The number of aliphatic imine (C=N–C) groups is 1. The van der Waals surface area contributed by atoms with Crippen molar-refractivity contribution in [1.29, 1.82) is 0 Å². The molecule has 21 heavy (non-hydrogen) atoms. The van der Waals surface area contributed by atoms with Gasteiger partial charge in [0.05, 0.1) is 10.7 Å². The highest BCUT2D eigenvalue weighted by atomic mass is 127. The number of halogens is 1. The minimum atomic E-state index is 0. The van der Waals surface area contributed by atoms with Crippen LogP contribution in [0.15, 0.2) is 10.4 Å². The van der Waals surface area contributed by atoms with Gasteiger partial charge in [0.2, 0.25) is 0 Å². The Bertz CT molecular complexity index is 450. The molecule has 1 fully saturated rings. The van der Waals surface area contributed by atoms with Crippen LogP contribution in [0.25, 0.3) is 0 Å². The zero-order chi connectivity index (χ0) is 14.5. The Balaban J connectivity index is 0.00000220. The number of nitrogens with zero attached hydrogens (tertiary/aromatic N) is 3. The average Bonchev–Trinajstić information content (AvgIpc) is 2.88. The SMILES string of the molecule is CC1CCN(C(N)=NCCc2csc(C(C)C)n2)CC1.I. The smallest absolute Gasteiger partial charge is 0.191 e. The van der Waals surface area contributed by atoms with Crippen LogP contribution < -0.4 is 5.73 Å². The van der Waals surface area contributed by atoms with Crippen molar-refractivity contribution in [3.05, 3.63) is 16.1 Å². The molecule has 2 rings (SSSR count). The number of thiazole rings is 1. The highest BCUT2D eigenvalue weighted by Gasteiger charge is 2.16. The second-order valence-electron chi connectivity index (χ2n) is 5.99. The molecular formula is C15H27IN4S. The predicted molar refractivity (Wildman–Crippen MR) is 102 cm³/mol. The van der Waals surface area contributed by atoms with E-state index in [1.807, 2.05) is 0 Å². The molecule has 4 nitrogen and oxygen atoms in total. The van der Waals surface area contributed by atoms with Crippen molar-refractivity contribution in [2.75, 3.05) is 19.6 Å². The fraction of sp³-hybridized carbons (Fsp3) is 0.733. The van der Waals surface area contributed by atoms with E-state index in [9.17, 15) is 0 Å². The normalized spacial score (nSPS) is 17.1. The summed E-state index contributed by atoms with van der Waals surface area (Å²) in [5.41, 5.74) is 7.21. The molecule has 1 aliphatic rings. The van der Waals surface area contributed by atoms with Crippen LogP contribution in [-0.4, -0.2) is 35.5 Å². The van der Waals surface area contributed by atoms with E-state index in [1.165, 1.54) is 17.8 Å². The number of aromatic nitrogens is 1. The van der Waals surface area contributed by atoms with Crippen molar-refractivity contribution in [3.63, 3.8) is 0 Å². The first-order valence-electron chi connectivity index (χ1n) is 7.55. The fourth-order valence-electron chi connectivity index (χ4n) is 2.33. The Hall–Kier alpha value is -0.370. The van der Waals surface area contributed by atoms with Gasteiger partial charge in [-0.25, -0.2) is 4.98 Å². The van der Waals surface area contributed by atoms with E-state index < -0.39 is 0 Å². The van der Waals surface area contributed by atoms with Crippen molar-refractivity contribution in [3.8, 4) is 0 Å². The predicted octanol–water partition coefficient (Wildman–Crippen LogP) is 3.47. The minimum absolute atomic E-state index is 0. The van der Waals surface area contributed by atoms with Crippen molar-refractivity contribution in [1.82, 2.24) is 9.88 Å². The van der Waals surface area contributed by atoms with Gasteiger partial charge in [-0.05, 0) is 18.8 Å². The monoisotopic (exact) mass is 422 g/mol. The third-order valence-electron chi connectivity index (χ3n) is 3.81. The Morgan fingerprint density at radius 1 is 1.48 bits per heavy atom. The van der Waals surface area contributed by atoms with Gasteiger partial charge in [-0.2, -0.15) is 0 Å². The lowest BCUT2D eigenvalue weighted by Crippen LogP contribution is -2.42. The Morgan fingerprint density at radius 3 is 2.71 bits per heavy atom. The molecule has 1 aromatic heterocycles. The molecule has 0 amide bonds. The standard InChI is InChI=1S/C15H26N4S.HI/c1-11(2)14-18-13(10-20-14)4-7-17-15(16)19-8-5-12(3)6-9-19;/h10-12H,4-9H2,1-3H3,(H2,16,17);1H. The van der Waals surface area contributed by atoms with E-state index in [2.05, 4.69) is 41.0 Å². The Morgan fingerprint density at radius 2 is 2.14 bits per heavy atom. The molecule has 2 heterocycles. The molecule has 6 heteroatoms. The molecule has 1 aromatic rings. The Labute approximate surface area is 149 Å². The van der Waals surface area contributed by atoms with Gasteiger partial charge in [-0.3, -0.25) is 4.99 Å². The van der Waals surface area contributed by atoms with Crippen LogP contribution in [0.4, 0.5) is 0 Å². The summed E-state index contributed by atoms with van der Waals surface area (Å²) in [6, 6.07) is 0. The van der Waals surface area contributed by atoms with Crippen LogP contribution in [0, 0.1) is 5.92 Å². The van der Waals surface area contributed by atoms with Gasteiger partial charge in [0.1, 0.15) is 0 Å². The van der Waals surface area contributed by atoms with Gasteiger partial charge in [0.25, 0.3) is 0 Å². The molecule has 1 aliphatic heterocycles. The van der Waals surface area contributed by atoms with Gasteiger partial charge in [-0.1, -0.05) is 20.8 Å². The molecule has 0 spiro atoms. The zero-order valence-corrected chi connectivity index (χ0v) is 16.4. The summed E-state index contributed by atoms with van der Waals surface area (Å²) in [7, 11) is 0. The summed E-state index contributed by atoms with van der Waals surface area (Å²) >= 11 is 1.74. The molecule has 2 N–H and O–H groups in total. The maximum atomic E-state index is 6.07. The number of likely N-dealkylation sites (tertiary alicyclic amines) is 1. The molecule has 0 radical (unpaired) electrons. The molecule has 120 valence electrons. The molecule has 0 saturated carbocycles. The van der Waals surface area contributed by atoms with Crippen molar-refractivity contribution < 1.29 is 0 Å². The van der Waals surface area contributed by atoms with E-state index in [0.29, 0.717) is 11.9 Å². The quantitative estimate of drug-likeness (QED) is 0.459. The molecule has 0 aliphatic carbocycles. The maximum absolute atomic E-state index is 6.07. The van der Waals surface area contributed by atoms with Gasteiger partial charge < -0.3 is 10.6 Å². The lowest BCUT2D eigenvalue weighted by molar-refractivity contribution is 0.277. The number of piperidine rings is 1. The molecule has 1 saturated heterocycles. The highest BCUT2D eigenvalue weighted by Crippen LogP contribution is 2.19. The van der Waals surface area contributed by atoms with E-state index in [0.717, 1.165) is 37.7 Å². The topological polar surface area (TPSA) is 54.5 Å². The highest BCUT2D eigenvalue weighted by molar-refractivity contribution is 14.0. The first-order valence-corrected chi connectivity index (χ1v) is 8.43. The molecule has 0 unspecified atom stereocenters. The lowest BCUT2D eigenvalue weighted by atomic mass is 10.00. The third-order valence-corrected chi connectivity index (χ3v) is 5.01. The first kappa shape index (κ1) is 18.7. The summed E-state index contributed by atoms with van der Waals surface area (Å²) in [6.45, 7) is 9.49. The van der Waals surface area contributed by atoms with Crippen molar-refractivity contribution >= 4 is 41.3 Å². The zero-order valence-electron chi connectivity index (χ0n) is 13.2. The number of rotatable bonds is 4. The van der Waals surface area contributed by atoms with Crippen molar-refractivity contribution in [2.45, 2.75) is 46.0 Å². The second kappa shape index (κ2) is 8.92. The van der Waals surface area contributed by atoms with Gasteiger partial charge in [-0.15, -0.1) is 35.3 Å². The summed E-state index contributed by atoms with van der Waals surface area (Å²) in [5, 5.41) is 3.35. The molecular weight excluding hydrogens is 395 g/mol. The lowest BCUT2D eigenvalue weighted by Gasteiger charge is -2.31. The summed E-state index contributed by atoms with van der Waals surface area (Å²) in [6.07, 6.45) is 3.33. The first-order chi connectivity index (χ1) is 9.56. The van der Waals surface area contributed by atoms with E-state index in [1.54, 1.807) is 11.3 Å². The van der Waals surface area contributed by atoms with Gasteiger partial charge in [0, 0.05) is 37.4 Å². The van der Waals surface area contributed by atoms with E-state index >= 15 is 0 Å². The maximum Gasteiger partial charge on any atom is 0.191 e. The van der Waals surface area contributed by atoms with Crippen LogP contribution in [-0.2, 0) is 6.42 Å². The third kappa shape index (κ3) is 5.73. The summed E-state index contributed by atoms with van der Waals surface area (Å²) in [4.78, 5) is 11.3. The number of guanidine groups is 1. The minimum Gasteiger partial charge on any atom is -0.370 e. The Kier molecular flexibility index (Phi) is 7.94. The van der Waals surface area contributed by atoms with E-state index in [-0.39, 0.29) is 24.0 Å². The number of hydrogen-bond acceptors (Lipinski definition) is 3. The number of nitrogens with two attached hydrogens (primary N) is 1. The summed E-state index contributed by atoms with van der Waals surface area (Å²) in [5.74, 6) is 2.04. The van der Waals surface area contributed by atoms with Crippen LogP contribution in [0.2, 0.25) is 0 Å². The van der Waals surface area contributed by atoms with Crippen LogP contribution in [0.3, 0.4) is 0 Å². The largest absolute Gasteiger partial charge is 0.370 e. The van der Waals surface area contributed by atoms with Gasteiger partial charge in [0.15, 0.2) is 5.96 Å². The molecule has 0 aromatic carbocycles. The van der Waals surface area contributed by atoms with Crippen LogP contribution in [0.1, 0.15) is 50.2 Å². The van der Waals surface area contributed by atoms with Gasteiger partial charge >= 0.3 is 0 Å². The van der Waals surface area contributed by atoms with E-state index in [4.69, 9.17) is 5.73 Å². The van der Waals surface area contributed by atoms with Crippen molar-refractivity contribution in [2.24, 2.45) is 16.6 Å². The van der Waals surface area contributed by atoms with Crippen LogP contribution in [0.5, 0.6) is 0 Å². The summed E-state index contributed by atoms with van der Waals surface area (Å²) < 4.78 is 0. The number of hydrogen-bond donors (Lipinski definition) is 1. The van der Waals surface area contributed by atoms with Crippen LogP contribution >= 0.6 is 35.3 Å².